The Labute approximate surface area is 121 Å². The summed E-state index contributed by atoms with van der Waals surface area (Å²) in [6.07, 6.45) is 2.82. The van der Waals surface area contributed by atoms with Crippen LogP contribution in [0.5, 0.6) is 0 Å². The molecule has 2 heterocycles. The molecule has 1 aliphatic heterocycles. The van der Waals surface area contributed by atoms with Gasteiger partial charge in [0.25, 0.3) is 0 Å². The van der Waals surface area contributed by atoms with Crippen molar-refractivity contribution in [3.63, 3.8) is 0 Å². The Morgan fingerprint density at radius 2 is 2.20 bits per heavy atom. The average molecular weight is 294 g/mol. The second kappa shape index (κ2) is 7.19. The Bertz CT molecular complexity index is 485. The second-order valence-corrected chi connectivity index (χ2v) is 5.76. The van der Waals surface area contributed by atoms with Gasteiger partial charge in [0.1, 0.15) is 6.04 Å². The van der Waals surface area contributed by atoms with Gasteiger partial charge < -0.3 is 10.6 Å². The minimum Gasteiger partial charge on any atom is -0.354 e. The van der Waals surface area contributed by atoms with Gasteiger partial charge in [0.15, 0.2) is 5.78 Å². The fraction of sp³-hybridized carbons (Fsp3) is 0.500. The molecule has 20 heavy (non-hydrogen) atoms. The van der Waals surface area contributed by atoms with Gasteiger partial charge in [0.2, 0.25) is 11.8 Å². The van der Waals surface area contributed by atoms with Crippen LogP contribution >= 0.6 is 11.3 Å². The van der Waals surface area contributed by atoms with Crippen molar-refractivity contribution in [2.45, 2.75) is 38.1 Å². The van der Waals surface area contributed by atoms with Crippen LogP contribution in [0.3, 0.4) is 0 Å². The molecule has 2 rings (SSSR count). The number of hydrogen-bond donors (Lipinski definition) is 2. The minimum atomic E-state index is -0.457. The lowest BCUT2D eigenvalue weighted by Gasteiger charge is -2.14. The highest BCUT2D eigenvalue weighted by Gasteiger charge is 2.22. The monoisotopic (exact) mass is 294 g/mol. The summed E-state index contributed by atoms with van der Waals surface area (Å²) in [5, 5.41) is 7.31. The molecular formula is C14H18N2O3S. The topological polar surface area (TPSA) is 75.3 Å². The van der Waals surface area contributed by atoms with Crippen molar-refractivity contribution in [3.05, 3.63) is 22.4 Å². The zero-order chi connectivity index (χ0) is 14.4. The highest BCUT2D eigenvalue weighted by molar-refractivity contribution is 7.12. The molecular weight excluding hydrogens is 276 g/mol. The van der Waals surface area contributed by atoms with Crippen LogP contribution in [-0.2, 0) is 9.59 Å². The van der Waals surface area contributed by atoms with Crippen molar-refractivity contribution < 1.29 is 14.4 Å². The number of carbonyl (C=O) groups is 3. The molecule has 108 valence electrons. The molecule has 1 aromatic heterocycles. The molecule has 1 aromatic rings. The van der Waals surface area contributed by atoms with Crippen molar-refractivity contribution in [2.24, 2.45) is 0 Å². The van der Waals surface area contributed by atoms with E-state index in [1.165, 1.54) is 11.3 Å². The van der Waals surface area contributed by atoms with Gasteiger partial charge in [-0.2, -0.15) is 0 Å². The van der Waals surface area contributed by atoms with E-state index in [1.54, 1.807) is 6.07 Å². The first-order valence-electron chi connectivity index (χ1n) is 6.80. The second-order valence-electron chi connectivity index (χ2n) is 4.81. The third-order valence-electron chi connectivity index (χ3n) is 3.25. The molecule has 0 bridgehead atoms. The molecule has 0 spiro atoms. The summed E-state index contributed by atoms with van der Waals surface area (Å²) in [6.45, 7) is 0.669. The molecule has 2 amide bonds. The predicted octanol–water partition coefficient (Wildman–Crippen LogP) is 1.50. The largest absolute Gasteiger partial charge is 0.354 e. The first-order valence-corrected chi connectivity index (χ1v) is 7.68. The van der Waals surface area contributed by atoms with E-state index < -0.39 is 6.04 Å². The van der Waals surface area contributed by atoms with Crippen LogP contribution in [0, 0.1) is 0 Å². The van der Waals surface area contributed by atoms with Crippen molar-refractivity contribution in [2.75, 3.05) is 6.54 Å². The van der Waals surface area contributed by atoms with E-state index >= 15 is 0 Å². The molecule has 5 nitrogen and oxygen atoms in total. The van der Waals surface area contributed by atoms with Crippen LogP contribution in [0.4, 0.5) is 0 Å². The van der Waals surface area contributed by atoms with Gasteiger partial charge in [-0.15, -0.1) is 11.3 Å². The Balaban J connectivity index is 1.77. The van der Waals surface area contributed by atoms with Crippen LogP contribution in [0.25, 0.3) is 0 Å². The van der Waals surface area contributed by atoms with E-state index in [0.717, 1.165) is 12.8 Å². The van der Waals surface area contributed by atoms with Crippen LogP contribution in [0.2, 0.25) is 0 Å². The standard InChI is InChI=1S/C14H18N2O3S/c17-11(12-5-3-9-20-12)6-7-13(18)16-10-4-1-2-8-15-14(10)19/h3,5,9-10H,1-2,4,6-8H2,(H,15,19)(H,16,18)/t10-/m1/s1. The maximum atomic E-state index is 11.8. The van der Waals surface area contributed by atoms with Gasteiger partial charge >= 0.3 is 0 Å². The van der Waals surface area contributed by atoms with Gasteiger partial charge in [-0.25, -0.2) is 0 Å². The number of nitrogens with one attached hydrogen (secondary N) is 2. The molecule has 2 N–H and O–H groups in total. The number of carbonyl (C=O) groups excluding carboxylic acids is 3. The number of amides is 2. The number of hydrogen-bond acceptors (Lipinski definition) is 4. The SMILES string of the molecule is O=C(CCC(=O)c1cccs1)N[C@@H]1CCCCNC1=O. The summed E-state index contributed by atoms with van der Waals surface area (Å²) < 4.78 is 0. The van der Waals surface area contributed by atoms with E-state index in [0.29, 0.717) is 17.8 Å². The molecule has 1 fully saturated rings. The number of ketones is 1. The van der Waals surface area contributed by atoms with E-state index in [1.807, 2.05) is 11.4 Å². The van der Waals surface area contributed by atoms with E-state index in [2.05, 4.69) is 10.6 Å². The average Bonchev–Trinajstić information content (AvgIpc) is 2.90. The molecule has 6 heteroatoms. The van der Waals surface area contributed by atoms with Crippen LogP contribution in [0.15, 0.2) is 17.5 Å². The fourth-order valence-corrected chi connectivity index (χ4v) is 2.83. The zero-order valence-corrected chi connectivity index (χ0v) is 12.0. The van der Waals surface area contributed by atoms with Crippen LogP contribution in [0.1, 0.15) is 41.8 Å². The lowest BCUT2D eigenvalue weighted by atomic mass is 10.1. The predicted molar refractivity (Wildman–Crippen MR) is 76.7 cm³/mol. The maximum absolute atomic E-state index is 11.8. The summed E-state index contributed by atoms with van der Waals surface area (Å²) in [6, 6.07) is 3.11. The van der Waals surface area contributed by atoms with Gasteiger partial charge in [-0.1, -0.05) is 6.07 Å². The van der Waals surface area contributed by atoms with E-state index in [-0.39, 0.29) is 30.4 Å². The summed E-state index contributed by atoms with van der Waals surface area (Å²) in [7, 11) is 0. The number of rotatable bonds is 5. The molecule has 0 radical (unpaired) electrons. The molecule has 1 saturated heterocycles. The number of Topliss-reactive ketones (excluding diaryl/α,β-unsaturated/α-hetero) is 1. The molecule has 1 atom stereocenters. The van der Waals surface area contributed by atoms with E-state index in [9.17, 15) is 14.4 Å². The first kappa shape index (κ1) is 14.7. The van der Waals surface area contributed by atoms with E-state index in [4.69, 9.17) is 0 Å². The summed E-state index contributed by atoms with van der Waals surface area (Å²) >= 11 is 1.38. The fourth-order valence-electron chi connectivity index (χ4n) is 2.13. The minimum absolute atomic E-state index is 0.0273. The van der Waals surface area contributed by atoms with Gasteiger partial charge in [-0.3, -0.25) is 14.4 Å². The van der Waals surface area contributed by atoms with Crippen molar-refractivity contribution >= 4 is 28.9 Å². The van der Waals surface area contributed by atoms with Crippen molar-refractivity contribution in [1.29, 1.82) is 0 Å². The third-order valence-corrected chi connectivity index (χ3v) is 4.16. The normalized spacial score (nSPS) is 19.0. The maximum Gasteiger partial charge on any atom is 0.242 e. The van der Waals surface area contributed by atoms with Gasteiger partial charge in [-0.05, 0) is 30.7 Å². The van der Waals surface area contributed by atoms with Crippen molar-refractivity contribution in [1.82, 2.24) is 10.6 Å². The molecule has 0 unspecified atom stereocenters. The Morgan fingerprint density at radius 1 is 1.35 bits per heavy atom. The summed E-state index contributed by atoms with van der Waals surface area (Å²) in [5.41, 5.74) is 0. The summed E-state index contributed by atoms with van der Waals surface area (Å²) in [5.74, 6) is -0.391. The third kappa shape index (κ3) is 4.16. The highest BCUT2D eigenvalue weighted by Crippen LogP contribution is 2.12. The van der Waals surface area contributed by atoms with Crippen LogP contribution in [-0.4, -0.2) is 30.2 Å². The Morgan fingerprint density at radius 3 is 2.95 bits per heavy atom. The lowest BCUT2D eigenvalue weighted by molar-refractivity contribution is -0.128. The Kier molecular flexibility index (Phi) is 5.29. The zero-order valence-electron chi connectivity index (χ0n) is 11.2. The quantitative estimate of drug-likeness (QED) is 0.808. The Hall–Kier alpha value is -1.69. The molecule has 0 aliphatic carbocycles. The highest BCUT2D eigenvalue weighted by atomic mass is 32.1. The molecule has 1 aliphatic rings. The van der Waals surface area contributed by atoms with Crippen molar-refractivity contribution in [3.8, 4) is 0 Å². The van der Waals surface area contributed by atoms with Gasteiger partial charge in [0, 0.05) is 19.4 Å². The first-order chi connectivity index (χ1) is 9.66. The molecule has 0 saturated carbocycles. The summed E-state index contributed by atoms with van der Waals surface area (Å²) in [4.78, 5) is 35.9. The lowest BCUT2D eigenvalue weighted by Crippen LogP contribution is -2.45. The number of thiophene rings is 1. The van der Waals surface area contributed by atoms with Crippen LogP contribution < -0.4 is 10.6 Å². The smallest absolute Gasteiger partial charge is 0.242 e. The van der Waals surface area contributed by atoms with Gasteiger partial charge in [0.05, 0.1) is 4.88 Å². The molecule has 0 aromatic carbocycles.